The normalized spacial score (nSPS) is 16.7. The van der Waals surface area contributed by atoms with E-state index >= 15 is 0 Å². The van der Waals surface area contributed by atoms with Crippen LogP contribution in [-0.2, 0) is 22.6 Å². The van der Waals surface area contributed by atoms with Gasteiger partial charge in [0.05, 0.1) is 6.42 Å². The molecule has 1 aliphatic carbocycles. The van der Waals surface area contributed by atoms with Crippen molar-refractivity contribution >= 4 is 17.8 Å². The van der Waals surface area contributed by atoms with Crippen LogP contribution in [0, 0.1) is 5.92 Å². The third kappa shape index (κ3) is 8.52. The quantitative estimate of drug-likeness (QED) is 0.490. The first kappa shape index (κ1) is 29.1. The Morgan fingerprint density at radius 2 is 1.87 bits per heavy atom. The van der Waals surface area contributed by atoms with Gasteiger partial charge in [0, 0.05) is 37.3 Å². The molecule has 0 spiro atoms. The summed E-state index contributed by atoms with van der Waals surface area (Å²) in [5, 5.41) is 20.3. The summed E-state index contributed by atoms with van der Waals surface area (Å²) < 4.78 is 37.1. The smallest absolute Gasteiger partial charge is 0.481 e. The van der Waals surface area contributed by atoms with Crippen LogP contribution in [0.15, 0.2) is 22.9 Å². The Kier molecular flexibility index (Phi) is 10.2. The zero-order valence-corrected chi connectivity index (χ0v) is 20.8. The predicted octanol–water partition coefficient (Wildman–Crippen LogP) is 4.61. The van der Waals surface area contributed by atoms with E-state index in [2.05, 4.69) is 15.1 Å². The molecule has 38 heavy (non-hydrogen) atoms. The first-order valence-electron chi connectivity index (χ1n) is 12.6. The van der Waals surface area contributed by atoms with Gasteiger partial charge in [0.1, 0.15) is 0 Å². The summed E-state index contributed by atoms with van der Waals surface area (Å²) in [5.41, 5.74) is 2.04. The number of nitrogens with zero attached hydrogens (tertiary/aromatic N) is 4. The van der Waals surface area contributed by atoms with Crippen molar-refractivity contribution in [2.24, 2.45) is 5.92 Å². The molecule has 0 unspecified atom stereocenters. The van der Waals surface area contributed by atoms with Gasteiger partial charge in [0.15, 0.2) is 0 Å². The Labute approximate surface area is 217 Å². The largest absolute Gasteiger partial charge is 0.490 e. The fourth-order valence-electron chi connectivity index (χ4n) is 4.82. The Hall–Kier alpha value is -3.51. The van der Waals surface area contributed by atoms with Gasteiger partial charge < -0.3 is 19.6 Å². The summed E-state index contributed by atoms with van der Waals surface area (Å²) in [7, 11) is 0. The number of carbonyl (C=O) groups is 3. The zero-order chi connectivity index (χ0) is 27.7. The third-order valence-electron chi connectivity index (χ3n) is 6.79. The molecule has 0 radical (unpaired) electrons. The lowest BCUT2D eigenvalue weighted by Crippen LogP contribution is -2.36. The lowest BCUT2D eigenvalue weighted by Gasteiger charge is -2.26. The van der Waals surface area contributed by atoms with E-state index in [4.69, 9.17) is 14.4 Å². The van der Waals surface area contributed by atoms with Crippen LogP contribution in [0.25, 0.3) is 0 Å². The minimum atomic E-state index is -5.08. The highest BCUT2D eigenvalue weighted by Crippen LogP contribution is 2.31. The number of carbonyl (C=O) groups excluding carboxylic acids is 1. The summed E-state index contributed by atoms with van der Waals surface area (Å²) in [6.45, 7) is 1.01. The van der Waals surface area contributed by atoms with Gasteiger partial charge in [-0.25, -0.2) is 4.79 Å². The maximum Gasteiger partial charge on any atom is 0.490 e. The van der Waals surface area contributed by atoms with Gasteiger partial charge >= 0.3 is 18.1 Å². The third-order valence-corrected chi connectivity index (χ3v) is 6.79. The van der Waals surface area contributed by atoms with Gasteiger partial charge in [0.25, 0.3) is 11.7 Å². The van der Waals surface area contributed by atoms with Gasteiger partial charge in [-0.1, -0.05) is 56.2 Å². The molecule has 1 fully saturated rings. The summed E-state index contributed by atoms with van der Waals surface area (Å²) in [5.74, 6) is -3.29. The van der Waals surface area contributed by atoms with Crippen molar-refractivity contribution in [3.8, 4) is 0 Å². The molecule has 1 amide bonds. The molecule has 2 N–H and O–H groups in total. The van der Waals surface area contributed by atoms with Crippen molar-refractivity contribution in [1.29, 1.82) is 0 Å². The van der Waals surface area contributed by atoms with Crippen LogP contribution in [-0.4, -0.2) is 60.8 Å². The number of hydrogen-bond donors (Lipinski definition) is 2. The van der Waals surface area contributed by atoms with Crippen LogP contribution in [0.4, 0.5) is 13.2 Å². The van der Waals surface area contributed by atoms with E-state index in [0.717, 1.165) is 30.0 Å². The van der Waals surface area contributed by atoms with E-state index in [1.54, 1.807) is 11.1 Å². The number of pyridine rings is 1. The molecular weight excluding hydrogens is 509 g/mol. The Morgan fingerprint density at radius 1 is 1.16 bits per heavy atom. The topological polar surface area (TPSA) is 147 Å². The highest BCUT2D eigenvalue weighted by atomic mass is 19.4. The minimum Gasteiger partial charge on any atom is -0.481 e. The van der Waals surface area contributed by atoms with Crippen LogP contribution in [0.1, 0.15) is 91.5 Å². The van der Waals surface area contributed by atoms with Gasteiger partial charge in [0.2, 0.25) is 5.89 Å². The average molecular weight is 541 g/mol. The molecule has 1 atom stereocenters. The summed E-state index contributed by atoms with van der Waals surface area (Å²) >= 11 is 0. The number of aliphatic carboxylic acids is 2. The lowest BCUT2D eigenvalue weighted by atomic mass is 9.84. The summed E-state index contributed by atoms with van der Waals surface area (Å²) in [6, 6.07) is 3.84. The number of alkyl halides is 3. The van der Waals surface area contributed by atoms with E-state index < -0.39 is 18.1 Å². The number of carboxylic acids is 2. The molecule has 13 heteroatoms. The summed E-state index contributed by atoms with van der Waals surface area (Å²) in [4.78, 5) is 43.5. The van der Waals surface area contributed by atoms with Crippen LogP contribution < -0.4 is 0 Å². The number of amides is 1. The van der Waals surface area contributed by atoms with Crippen molar-refractivity contribution in [3.05, 3.63) is 41.3 Å². The molecule has 0 saturated heterocycles. The monoisotopic (exact) mass is 540 g/mol. The number of fused-ring (bicyclic) bond motifs is 1. The number of rotatable bonds is 8. The maximum atomic E-state index is 12.9. The van der Waals surface area contributed by atoms with Crippen molar-refractivity contribution in [3.63, 3.8) is 0 Å². The second kappa shape index (κ2) is 13.3. The van der Waals surface area contributed by atoms with Gasteiger partial charge in [-0.2, -0.15) is 18.2 Å². The molecular formula is C25H31F3N4O6. The molecule has 3 heterocycles. The second-order valence-electron chi connectivity index (χ2n) is 9.57. The Bertz CT molecular complexity index is 1100. The average Bonchev–Trinajstić information content (AvgIpc) is 3.38. The zero-order valence-electron chi connectivity index (χ0n) is 20.8. The van der Waals surface area contributed by atoms with Crippen LogP contribution >= 0.6 is 0 Å². The van der Waals surface area contributed by atoms with Crippen LogP contribution in [0.2, 0.25) is 0 Å². The molecule has 10 nitrogen and oxygen atoms in total. The van der Waals surface area contributed by atoms with Crippen molar-refractivity contribution in [2.45, 2.75) is 82.8 Å². The molecule has 2 aromatic heterocycles. The number of aromatic nitrogens is 3. The van der Waals surface area contributed by atoms with Crippen LogP contribution in [0.5, 0.6) is 0 Å². The van der Waals surface area contributed by atoms with E-state index in [0.29, 0.717) is 25.9 Å². The van der Waals surface area contributed by atoms with Crippen LogP contribution in [0.3, 0.4) is 0 Å². The first-order valence-corrected chi connectivity index (χ1v) is 12.6. The van der Waals surface area contributed by atoms with Crippen molar-refractivity contribution < 1.29 is 42.3 Å². The van der Waals surface area contributed by atoms with Gasteiger partial charge in [-0.15, -0.1) is 0 Å². The van der Waals surface area contributed by atoms with Crippen molar-refractivity contribution in [1.82, 2.24) is 20.0 Å². The second-order valence-corrected chi connectivity index (χ2v) is 9.57. The van der Waals surface area contributed by atoms with E-state index in [-0.39, 0.29) is 30.0 Å². The fourth-order valence-corrected chi connectivity index (χ4v) is 4.82. The minimum absolute atomic E-state index is 0.00464. The molecule has 208 valence electrons. The molecule has 2 aliphatic rings. The van der Waals surface area contributed by atoms with E-state index in [1.807, 2.05) is 12.1 Å². The first-order chi connectivity index (χ1) is 18.0. The molecule has 4 rings (SSSR count). The summed E-state index contributed by atoms with van der Waals surface area (Å²) in [6.07, 6.45) is 6.51. The highest BCUT2D eigenvalue weighted by molar-refractivity contribution is 5.90. The van der Waals surface area contributed by atoms with E-state index in [9.17, 15) is 27.9 Å². The fraction of sp³-hybridized carbons (Fsp3) is 0.600. The Morgan fingerprint density at radius 3 is 2.53 bits per heavy atom. The van der Waals surface area contributed by atoms with E-state index in [1.165, 1.54) is 32.1 Å². The maximum absolute atomic E-state index is 12.9. The standard InChI is InChI=1S/C23H30N4O4.C2HF3O2/c28-20(29)14-17(9-4-8-16-6-2-1-3-7-16)22-25-21(26-31-22)23(30)27-13-11-19-18(15-27)10-5-12-24-19;3-2(4,5)1(6)7/h5,10,12,16-17H,1-4,6-9,11,13-15H2,(H,28,29);(H,6,7)/t17-;/m1./s1. The molecule has 0 bridgehead atoms. The number of halogens is 3. The molecule has 1 saturated carbocycles. The molecule has 2 aromatic rings. The highest BCUT2D eigenvalue weighted by Gasteiger charge is 2.38. The number of hydrogen-bond acceptors (Lipinski definition) is 7. The van der Waals surface area contributed by atoms with Gasteiger partial charge in [-0.3, -0.25) is 14.6 Å². The predicted molar refractivity (Wildman–Crippen MR) is 126 cm³/mol. The number of carboxylic acid groups (broad SMARTS) is 2. The lowest BCUT2D eigenvalue weighted by molar-refractivity contribution is -0.192. The molecule has 0 aromatic carbocycles. The molecule has 1 aliphatic heterocycles. The Balaban J connectivity index is 0.000000505. The van der Waals surface area contributed by atoms with Gasteiger partial charge in [-0.05, 0) is 24.0 Å². The SMILES string of the molecule is O=C(O)C(F)(F)F.O=C(O)C[C@@H](CCCC1CCCCC1)c1nc(C(=O)N2CCc3ncccc3C2)no1. The van der Waals surface area contributed by atoms with Crippen molar-refractivity contribution in [2.75, 3.05) is 6.54 Å².